The Morgan fingerprint density at radius 1 is 1.13 bits per heavy atom. The monoisotopic (exact) mass is 327 g/mol. The second kappa shape index (κ2) is 7.11. The number of carbonyl (C=O) groups is 1. The van der Waals surface area contributed by atoms with Crippen molar-refractivity contribution in [2.24, 2.45) is 0 Å². The number of aromatic nitrogens is 2. The lowest BCUT2D eigenvalue weighted by Gasteiger charge is -2.03. The lowest BCUT2D eigenvalue weighted by atomic mass is 10.1. The Labute approximate surface area is 137 Å². The van der Waals surface area contributed by atoms with Crippen LogP contribution in [0.2, 0.25) is 0 Å². The number of rotatable bonds is 5. The molecule has 0 aliphatic heterocycles. The summed E-state index contributed by atoms with van der Waals surface area (Å²) in [6.07, 6.45) is 3.67. The van der Waals surface area contributed by atoms with Crippen LogP contribution >= 0.6 is 11.3 Å². The summed E-state index contributed by atoms with van der Waals surface area (Å²) >= 11 is 1.50. The van der Waals surface area contributed by atoms with Crippen LogP contribution < -0.4 is 5.32 Å². The van der Waals surface area contributed by atoms with Crippen molar-refractivity contribution >= 4 is 17.2 Å². The first-order valence-electron chi connectivity index (χ1n) is 7.06. The van der Waals surface area contributed by atoms with E-state index in [4.69, 9.17) is 0 Å². The Bertz CT molecular complexity index is 787. The second-order valence-corrected chi connectivity index (χ2v) is 5.88. The zero-order chi connectivity index (χ0) is 16.1. The molecule has 6 heteroatoms. The summed E-state index contributed by atoms with van der Waals surface area (Å²) < 4.78 is 12.8. The summed E-state index contributed by atoms with van der Waals surface area (Å²) in [5.74, 6) is -0.419. The molecule has 0 spiro atoms. The van der Waals surface area contributed by atoms with E-state index in [-0.39, 0.29) is 18.1 Å². The predicted molar refractivity (Wildman–Crippen MR) is 87.3 cm³/mol. The SMILES string of the molecule is O=C(Cc1ccc(F)cc1)NCc1nc(-c2ccncc2)cs1. The van der Waals surface area contributed by atoms with Crippen molar-refractivity contribution in [1.82, 2.24) is 15.3 Å². The molecule has 0 fully saturated rings. The molecule has 3 rings (SSSR count). The number of halogens is 1. The quantitative estimate of drug-likeness (QED) is 0.783. The van der Waals surface area contributed by atoms with Gasteiger partial charge in [-0.05, 0) is 29.8 Å². The van der Waals surface area contributed by atoms with Gasteiger partial charge >= 0.3 is 0 Å². The summed E-state index contributed by atoms with van der Waals surface area (Å²) in [4.78, 5) is 20.4. The molecular formula is C17H14FN3OS. The maximum Gasteiger partial charge on any atom is 0.224 e. The van der Waals surface area contributed by atoms with Crippen LogP contribution in [-0.4, -0.2) is 15.9 Å². The first-order valence-corrected chi connectivity index (χ1v) is 7.94. The zero-order valence-electron chi connectivity index (χ0n) is 12.2. The Kier molecular flexibility index (Phi) is 4.73. The maximum atomic E-state index is 12.8. The van der Waals surface area contributed by atoms with Gasteiger partial charge in [-0.15, -0.1) is 11.3 Å². The highest BCUT2D eigenvalue weighted by atomic mass is 32.1. The number of nitrogens with zero attached hydrogens (tertiary/aromatic N) is 2. The molecule has 2 heterocycles. The summed E-state index contributed by atoms with van der Waals surface area (Å²) in [7, 11) is 0. The van der Waals surface area contributed by atoms with Gasteiger partial charge in [-0.25, -0.2) is 9.37 Å². The number of carbonyl (C=O) groups excluding carboxylic acids is 1. The first kappa shape index (κ1) is 15.3. The van der Waals surface area contributed by atoms with Crippen molar-refractivity contribution in [1.29, 1.82) is 0 Å². The van der Waals surface area contributed by atoms with Crippen LogP contribution in [0.15, 0.2) is 54.2 Å². The summed E-state index contributed by atoms with van der Waals surface area (Å²) in [5.41, 5.74) is 2.65. The van der Waals surface area contributed by atoms with Crippen molar-refractivity contribution in [3.05, 3.63) is 70.6 Å². The van der Waals surface area contributed by atoms with Crippen molar-refractivity contribution in [2.75, 3.05) is 0 Å². The van der Waals surface area contributed by atoms with E-state index in [2.05, 4.69) is 15.3 Å². The molecule has 0 bridgehead atoms. The molecule has 0 aliphatic rings. The third-order valence-electron chi connectivity index (χ3n) is 3.24. The molecule has 0 unspecified atom stereocenters. The average Bonchev–Trinajstić information content (AvgIpc) is 3.05. The van der Waals surface area contributed by atoms with Crippen molar-refractivity contribution < 1.29 is 9.18 Å². The molecule has 1 amide bonds. The first-order chi connectivity index (χ1) is 11.2. The molecule has 23 heavy (non-hydrogen) atoms. The molecule has 1 aromatic carbocycles. The predicted octanol–water partition coefficient (Wildman–Crippen LogP) is 3.20. The van der Waals surface area contributed by atoms with Gasteiger partial charge in [0, 0.05) is 23.3 Å². The number of amides is 1. The van der Waals surface area contributed by atoms with Gasteiger partial charge in [0.1, 0.15) is 10.8 Å². The lowest BCUT2D eigenvalue weighted by molar-refractivity contribution is -0.120. The van der Waals surface area contributed by atoms with E-state index in [9.17, 15) is 9.18 Å². The Morgan fingerprint density at radius 2 is 1.87 bits per heavy atom. The second-order valence-electron chi connectivity index (χ2n) is 4.94. The molecule has 0 atom stereocenters. The van der Waals surface area contributed by atoms with Crippen LogP contribution in [0.1, 0.15) is 10.6 Å². The highest BCUT2D eigenvalue weighted by molar-refractivity contribution is 7.09. The third kappa shape index (κ3) is 4.20. The Hall–Kier alpha value is -2.60. The minimum absolute atomic E-state index is 0.114. The topological polar surface area (TPSA) is 54.9 Å². The maximum absolute atomic E-state index is 12.8. The van der Waals surface area contributed by atoms with E-state index in [0.717, 1.165) is 21.8 Å². The minimum Gasteiger partial charge on any atom is -0.349 e. The highest BCUT2D eigenvalue weighted by Gasteiger charge is 2.07. The van der Waals surface area contributed by atoms with Crippen molar-refractivity contribution in [3.8, 4) is 11.3 Å². The van der Waals surface area contributed by atoms with Gasteiger partial charge in [-0.2, -0.15) is 0 Å². The number of hydrogen-bond donors (Lipinski definition) is 1. The summed E-state index contributed by atoms with van der Waals surface area (Å²) in [6.45, 7) is 0.385. The van der Waals surface area contributed by atoms with E-state index in [1.807, 2.05) is 17.5 Å². The molecule has 0 aliphatic carbocycles. The van der Waals surface area contributed by atoms with Crippen LogP contribution in [0.5, 0.6) is 0 Å². The van der Waals surface area contributed by atoms with Crippen LogP contribution in [0.4, 0.5) is 4.39 Å². The van der Waals surface area contributed by atoms with Crippen LogP contribution in [0.3, 0.4) is 0 Å². The van der Waals surface area contributed by atoms with Gasteiger partial charge in [-0.1, -0.05) is 12.1 Å². The Morgan fingerprint density at radius 3 is 2.61 bits per heavy atom. The molecule has 3 aromatic rings. The standard InChI is InChI=1S/C17H14FN3OS/c18-14-3-1-12(2-4-14)9-16(22)20-10-17-21-15(11-23-17)13-5-7-19-8-6-13/h1-8,11H,9-10H2,(H,20,22). The van der Waals surface area contributed by atoms with Gasteiger partial charge in [-0.3, -0.25) is 9.78 Å². The van der Waals surface area contributed by atoms with Crippen LogP contribution in [0.25, 0.3) is 11.3 Å². The van der Waals surface area contributed by atoms with Crippen LogP contribution in [-0.2, 0) is 17.8 Å². The zero-order valence-corrected chi connectivity index (χ0v) is 13.0. The molecule has 116 valence electrons. The van der Waals surface area contributed by atoms with Gasteiger partial charge in [0.25, 0.3) is 0 Å². The molecular weight excluding hydrogens is 313 g/mol. The van der Waals surface area contributed by atoms with Gasteiger partial charge < -0.3 is 5.32 Å². The highest BCUT2D eigenvalue weighted by Crippen LogP contribution is 2.20. The molecule has 2 aromatic heterocycles. The fourth-order valence-corrected chi connectivity index (χ4v) is 2.81. The number of pyridine rings is 1. The summed E-state index contributed by atoms with van der Waals surface area (Å²) in [5, 5.41) is 5.62. The van der Waals surface area contributed by atoms with E-state index < -0.39 is 0 Å². The number of nitrogens with one attached hydrogen (secondary N) is 1. The smallest absolute Gasteiger partial charge is 0.224 e. The van der Waals surface area contributed by atoms with Crippen molar-refractivity contribution in [2.45, 2.75) is 13.0 Å². The normalized spacial score (nSPS) is 10.5. The number of thiazole rings is 1. The lowest BCUT2D eigenvalue weighted by Crippen LogP contribution is -2.24. The van der Waals surface area contributed by atoms with Crippen LogP contribution in [0, 0.1) is 5.82 Å². The molecule has 1 N–H and O–H groups in total. The fraction of sp³-hybridized carbons (Fsp3) is 0.118. The van der Waals surface area contributed by atoms with E-state index >= 15 is 0 Å². The van der Waals surface area contributed by atoms with Gasteiger partial charge in [0.05, 0.1) is 18.7 Å². The van der Waals surface area contributed by atoms with E-state index in [0.29, 0.717) is 6.54 Å². The molecule has 0 saturated heterocycles. The molecule has 0 radical (unpaired) electrons. The fourth-order valence-electron chi connectivity index (χ4n) is 2.07. The Balaban J connectivity index is 1.55. The average molecular weight is 327 g/mol. The van der Waals surface area contributed by atoms with E-state index in [1.54, 1.807) is 24.5 Å². The van der Waals surface area contributed by atoms with Crippen molar-refractivity contribution in [3.63, 3.8) is 0 Å². The minimum atomic E-state index is -0.305. The largest absolute Gasteiger partial charge is 0.349 e. The van der Waals surface area contributed by atoms with Gasteiger partial charge in [0.2, 0.25) is 5.91 Å². The number of benzene rings is 1. The van der Waals surface area contributed by atoms with Gasteiger partial charge in [0.15, 0.2) is 0 Å². The van der Waals surface area contributed by atoms with E-state index in [1.165, 1.54) is 23.5 Å². The molecule has 4 nitrogen and oxygen atoms in total. The number of hydrogen-bond acceptors (Lipinski definition) is 4. The summed E-state index contributed by atoms with van der Waals surface area (Å²) in [6, 6.07) is 9.71. The third-order valence-corrected chi connectivity index (χ3v) is 4.09. The molecule has 0 saturated carbocycles.